The second-order valence-corrected chi connectivity index (χ2v) is 6.23. The highest BCUT2D eigenvalue weighted by molar-refractivity contribution is 6.11. The van der Waals surface area contributed by atoms with Crippen molar-refractivity contribution in [2.75, 3.05) is 5.73 Å². The van der Waals surface area contributed by atoms with Crippen molar-refractivity contribution in [3.8, 4) is 11.1 Å². The Kier molecular flexibility index (Phi) is 2.95. The lowest BCUT2D eigenvalue weighted by molar-refractivity contribution is 1.01. The van der Waals surface area contributed by atoms with Crippen molar-refractivity contribution in [3.05, 3.63) is 65.7 Å². The van der Waals surface area contributed by atoms with E-state index in [1.165, 1.54) is 38.5 Å². The van der Waals surface area contributed by atoms with Crippen LogP contribution in [0.15, 0.2) is 54.6 Å². The summed E-state index contributed by atoms with van der Waals surface area (Å²) in [5, 5.41) is 2.66. The minimum absolute atomic E-state index is 0.827. The number of nitrogen functional groups attached to an aromatic ring is 1. The number of fused-ring (bicyclic) bond motifs is 3. The summed E-state index contributed by atoms with van der Waals surface area (Å²) in [6.45, 7) is 4.41. The van der Waals surface area contributed by atoms with E-state index in [0.717, 1.165) is 11.3 Å². The van der Waals surface area contributed by atoms with E-state index in [0.29, 0.717) is 0 Å². The van der Waals surface area contributed by atoms with Crippen LogP contribution in [0.2, 0.25) is 0 Å². The molecule has 23 heavy (non-hydrogen) atoms. The molecule has 1 aromatic heterocycles. The molecule has 4 aromatic rings. The summed E-state index contributed by atoms with van der Waals surface area (Å²) in [7, 11) is 2.14. The lowest BCUT2D eigenvalue weighted by Gasteiger charge is -2.13. The fourth-order valence-corrected chi connectivity index (χ4v) is 3.63. The molecule has 0 amide bonds. The summed E-state index contributed by atoms with van der Waals surface area (Å²) >= 11 is 0. The van der Waals surface area contributed by atoms with Gasteiger partial charge in [0.05, 0.1) is 0 Å². The van der Waals surface area contributed by atoms with Crippen LogP contribution >= 0.6 is 0 Å². The molecule has 0 bridgehead atoms. The molecule has 0 saturated heterocycles. The van der Waals surface area contributed by atoms with E-state index in [1.807, 2.05) is 18.2 Å². The van der Waals surface area contributed by atoms with E-state index < -0.39 is 0 Å². The van der Waals surface area contributed by atoms with Crippen molar-refractivity contribution in [3.63, 3.8) is 0 Å². The lowest BCUT2D eigenvalue weighted by Crippen LogP contribution is -1.95. The van der Waals surface area contributed by atoms with Crippen molar-refractivity contribution in [1.29, 1.82) is 0 Å². The normalized spacial score (nSPS) is 11.4. The van der Waals surface area contributed by atoms with Crippen molar-refractivity contribution < 1.29 is 0 Å². The lowest BCUT2D eigenvalue weighted by atomic mass is 9.93. The maximum Gasteiger partial charge on any atom is 0.0497 e. The third-order valence-electron chi connectivity index (χ3n) is 5.03. The number of aryl methyl sites for hydroxylation is 2. The van der Waals surface area contributed by atoms with E-state index >= 15 is 0 Å². The summed E-state index contributed by atoms with van der Waals surface area (Å²) in [6.07, 6.45) is 0. The second kappa shape index (κ2) is 4.88. The van der Waals surface area contributed by atoms with Crippen LogP contribution in [0.3, 0.4) is 0 Å². The highest BCUT2D eigenvalue weighted by atomic mass is 14.9. The van der Waals surface area contributed by atoms with Crippen LogP contribution < -0.4 is 5.73 Å². The molecule has 0 aliphatic rings. The number of rotatable bonds is 1. The van der Waals surface area contributed by atoms with Crippen LogP contribution in [-0.4, -0.2) is 4.57 Å². The van der Waals surface area contributed by atoms with Gasteiger partial charge in [0.25, 0.3) is 0 Å². The van der Waals surface area contributed by atoms with Gasteiger partial charge in [0.15, 0.2) is 0 Å². The zero-order valence-corrected chi connectivity index (χ0v) is 13.7. The fourth-order valence-electron chi connectivity index (χ4n) is 3.63. The van der Waals surface area contributed by atoms with Crippen LogP contribution in [-0.2, 0) is 7.05 Å². The molecule has 2 nitrogen and oxygen atoms in total. The number of nitrogens with zero attached hydrogens (tertiary/aromatic N) is 1. The van der Waals surface area contributed by atoms with E-state index in [2.05, 4.69) is 61.9 Å². The SMILES string of the molecule is Cc1c(-c2ccccc2N)cc2c(c1C)c1ccccc1n2C. The molecule has 114 valence electrons. The Morgan fingerprint density at radius 2 is 1.48 bits per heavy atom. The first-order valence-corrected chi connectivity index (χ1v) is 7.92. The summed E-state index contributed by atoms with van der Waals surface area (Å²) in [4.78, 5) is 0. The zero-order valence-electron chi connectivity index (χ0n) is 13.7. The van der Waals surface area contributed by atoms with E-state index in [4.69, 9.17) is 5.73 Å². The molecular weight excluding hydrogens is 280 g/mol. The van der Waals surface area contributed by atoms with Gasteiger partial charge in [0.1, 0.15) is 0 Å². The van der Waals surface area contributed by atoms with Gasteiger partial charge in [-0.2, -0.15) is 0 Å². The Labute approximate surface area is 136 Å². The maximum atomic E-state index is 6.22. The van der Waals surface area contributed by atoms with Gasteiger partial charge in [-0.1, -0.05) is 36.4 Å². The molecule has 0 saturated carbocycles. The first-order valence-electron chi connectivity index (χ1n) is 7.92. The Balaban J connectivity index is 2.18. The molecular formula is C21H20N2. The average Bonchev–Trinajstić information content (AvgIpc) is 2.85. The third-order valence-corrected chi connectivity index (χ3v) is 5.03. The zero-order chi connectivity index (χ0) is 16.1. The number of para-hydroxylation sites is 2. The largest absolute Gasteiger partial charge is 0.398 e. The van der Waals surface area contributed by atoms with Gasteiger partial charge in [0.2, 0.25) is 0 Å². The Hall–Kier alpha value is -2.74. The maximum absolute atomic E-state index is 6.22. The van der Waals surface area contributed by atoms with Crippen LogP contribution in [0.25, 0.3) is 32.9 Å². The Morgan fingerprint density at radius 1 is 0.783 bits per heavy atom. The van der Waals surface area contributed by atoms with Crippen molar-refractivity contribution in [1.82, 2.24) is 4.57 Å². The number of hydrogen-bond donors (Lipinski definition) is 1. The fraction of sp³-hybridized carbons (Fsp3) is 0.143. The number of benzene rings is 3. The highest BCUT2D eigenvalue weighted by Crippen LogP contribution is 2.38. The minimum atomic E-state index is 0.827. The van der Waals surface area contributed by atoms with Crippen LogP contribution in [0.4, 0.5) is 5.69 Å². The molecule has 1 heterocycles. The predicted molar refractivity (Wildman–Crippen MR) is 99.7 cm³/mol. The van der Waals surface area contributed by atoms with E-state index in [9.17, 15) is 0 Å². The molecule has 0 radical (unpaired) electrons. The quantitative estimate of drug-likeness (QED) is 0.481. The molecule has 2 N–H and O–H groups in total. The Morgan fingerprint density at radius 3 is 2.26 bits per heavy atom. The molecule has 0 spiro atoms. The first-order chi connectivity index (χ1) is 11.1. The van der Waals surface area contributed by atoms with Crippen LogP contribution in [0.5, 0.6) is 0 Å². The minimum Gasteiger partial charge on any atom is -0.398 e. The molecule has 0 atom stereocenters. The summed E-state index contributed by atoms with van der Waals surface area (Å²) in [6, 6.07) is 19.0. The van der Waals surface area contributed by atoms with Gasteiger partial charge in [-0.3, -0.25) is 0 Å². The molecule has 0 aliphatic carbocycles. The van der Waals surface area contributed by atoms with Crippen molar-refractivity contribution in [2.24, 2.45) is 7.05 Å². The summed E-state index contributed by atoms with van der Waals surface area (Å²) in [5.74, 6) is 0. The second-order valence-electron chi connectivity index (χ2n) is 6.23. The average molecular weight is 300 g/mol. The number of anilines is 1. The smallest absolute Gasteiger partial charge is 0.0497 e. The topological polar surface area (TPSA) is 30.9 Å². The van der Waals surface area contributed by atoms with Gasteiger partial charge in [-0.25, -0.2) is 0 Å². The van der Waals surface area contributed by atoms with Gasteiger partial charge in [-0.05, 0) is 48.7 Å². The van der Waals surface area contributed by atoms with Crippen LogP contribution in [0.1, 0.15) is 11.1 Å². The monoisotopic (exact) mass is 300 g/mol. The first kappa shape index (κ1) is 13.9. The molecule has 0 fully saturated rings. The number of nitrogens with two attached hydrogens (primary N) is 1. The summed E-state index contributed by atoms with van der Waals surface area (Å²) in [5.41, 5.74) is 14.5. The van der Waals surface area contributed by atoms with Gasteiger partial charge in [-0.15, -0.1) is 0 Å². The molecule has 0 unspecified atom stereocenters. The van der Waals surface area contributed by atoms with Crippen LogP contribution in [0, 0.1) is 13.8 Å². The molecule has 3 aromatic carbocycles. The molecule has 4 rings (SSSR count). The van der Waals surface area contributed by atoms with Gasteiger partial charge in [0, 0.05) is 40.1 Å². The molecule has 0 aliphatic heterocycles. The van der Waals surface area contributed by atoms with Gasteiger partial charge >= 0.3 is 0 Å². The molecule has 2 heteroatoms. The van der Waals surface area contributed by atoms with Crippen molar-refractivity contribution in [2.45, 2.75) is 13.8 Å². The van der Waals surface area contributed by atoms with Crippen molar-refractivity contribution >= 4 is 27.5 Å². The third kappa shape index (κ3) is 1.88. The predicted octanol–water partition coefficient (Wildman–Crippen LogP) is 5.20. The van der Waals surface area contributed by atoms with Gasteiger partial charge < -0.3 is 10.3 Å². The standard InChI is InChI=1S/C21H20N2/c1-13-14(2)21-16-9-5-7-11-19(16)23(3)20(21)12-17(13)15-8-4-6-10-18(15)22/h4-12H,22H2,1-3H3. The highest BCUT2D eigenvalue weighted by Gasteiger charge is 2.16. The van der Waals surface area contributed by atoms with E-state index in [1.54, 1.807) is 0 Å². The summed E-state index contributed by atoms with van der Waals surface area (Å²) < 4.78 is 2.28. The number of aromatic nitrogens is 1. The van der Waals surface area contributed by atoms with E-state index in [-0.39, 0.29) is 0 Å². The Bertz CT molecular complexity index is 1050. The number of hydrogen-bond acceptors (Lipinski definition) is 1.